The predicted molar refractivity (Wildman–Crippen MR) is 91.8 cm³/mol. The number of rotatable bonds is 5. The Kier molecular flexibility index (Phi) is 5.10. The van der Waals surface area contributed by atoms with Crippen LogP contribution in [0.25, 0.3) is 5.82 Å². The molecule has 3 rings (SSSR count). The van der Waals surface area contributed by atoms with Gasteiger partial charge in [0.15, 0.2) is 5.82 Å². The van der Waals surface area contributed by atoms with Crippen molar-refractivity contribution in [2.75, 3.05) is 13.1 Å². The van der Waals surface area contributed by atoms with E-state index in [1.165, 1.54) is 0 Å². The summed E-state index contributed by atoms with van der Waals surface area (Å²) in [5, 5.41) is 10.1. The Morgan fingerprint density at radius 3 is 3.00 bits per heavy atom. The number of pyridine rings is 1. The molecule has 24 heavy (non-hydrogen) atoms. The van der Waals surface area contributed by atoms with Crippen LogP contribution in [0.2, 0.25) is 0 Å². The van der Waals surface area contributed by atoms with Gasteiger partial charge in [-0.3, -0.25) is 4.90 Å². The maximum Gasteiger partial charge on any atom is 0.315 e. The zero-order valence-electron chi connectivity index (χ0n) is 14.1. The highest BCUT2D eigenvalue weighted by Gasteiger charge is 2.25. The molecule has 7 nitrogen and oxygen atoms in total. The fraction of sp³-hybridized carbons (Fsp3) is 0.471. The molecule has 0 radical (unpaired) electrons. The number of carbonyl (C=O) groups is 1. The lowest BCUT2D eigenvalue weighted by Crippen LogP contribution is -2.43. The van der Waals surface area contributed by atoms with Crippen molar-refractivity contribution in [2.24, 2.45) is 0 Å². The number of aromatic nitrogens is 3. The highest BCUT2D eigenvalue weighted by Crippen LogP contribution is 2.12. The minimum atomic E-state index is -0.122. The molecule has 2 N–H and O–H groups in total. The van der Waals surface area contributed by atoms with E-state index in [2.05, 4.69) is 39.5 Å². The van der Waals surface area contributed by atoms with Crippen LogP contribution in [0.15, 0.2) is 36.8 Å². The lowest BCUT2D eigenvalue weighted by Gasteiger charge is -2.20. The molecule has 1 atom stereocenters. The average Bonchev–Trinajstić information content (AvgIpc) is 3.25. The van der Waals surface area contributed by atoms with E-state index in [0.717, 1.165) is 30.9 Å². The predicted octanol–water partition coefficient (Wildman–Crippen LogP) is 1.55. The van der Waals surface area contributed by atoms with Gasteiger partial charge >= 0.3 is 6.03 Å². The molecule has 2 aromatic rings. The van der Waals surface area contributed by atoms with Gasteiger partial charge in [0, 0.05) is 50.3 Å². The van der Waals surface area contributed by atoms with E-state index in [-0.39, 0.29) is 12.1 Å². The van der Waals surface area contributed by atoms with E-state index >= 15 is 0 Å². The second-order valence-corrected chi connectivity index (χ2v) is 6.37. The van der Waals surface area contributed by atoms with Gasteiger partial charge in [0.1, 0.15) is 0 Å². The Hall–Kier alpha value is -2.41. The lowest BCUT2D eigenvalue weighted by atomic mass is 10.2. The van der Waals surface area contributed by atoms with Crippen molar-refractivity contribution in [1.82, 2.24) is 30.3 Å². The first-order valence-electron chi connectivity index (χ1n) is 8.35. The summed E-state index contributed by atoms with van der Waals surface area (Å²) in [6.45, 7) is 6.79. The van der Waals surface area contributed by atoms with E-state index in [4.69, 9.17) is 0 Å². The summed E-state index contributed by atoms with van der Waals surface area (Å²) in [6.07, 6.45) is 6.28. The zero-order valence-corrected chi connectivity index (χ0v) is 14.1. The molecule has 1 aliphatic heterocycles. The van der Waals surface area contributed by atoms with E-state index in [1.54, 1.807) is 17.1 Å². The maximum absolute atomic E-state index is 12.1. The molecular weight excluding hydrogens is 304 g/mol. The summed E-state index contributed by atoms with van der Waals surface area (Å²) >= 11 is 0. The Labute approximate surface area is 142 Å². The van der Waals surface area contributed by atoms with Crippen molar-refractivity contribution in [1.29, 1.82) is 0 Å². The molecule has 128 valence electrons. The van der Waals surface area contributed by atoms with E-state index < -0.39 is 0 Å². The molecule has 1 aliphatic rings. The molecular formula is C17H24N6O. The smallest absolute Gasteiger partial charge is 0.315 e. The van der Waals surface area contributed by atoms with E-state index in [9.17, 15) is 4.79 Å². The number of carbonyl (C=O) groups excluding carboxylic acids is 1. The Morgan fingerprint density at radius 1 is 1.42 bits per heavy atom. The third-order valence-corrected chi connectivity index (χ3v) is 4.29. The third-order valence-electron chi connectivity index (χ3n) is 4.29. The Balaban J connectivity index is 1.49. The van der Waals surface area contributed by atoms with Crippen LogP contribution in [0.1, 0.15) is 25.8 Å². The summed E-state index contributed by atoms with van der Waals surface area (Å²) < 4.78 is 1.70. The first-order valence-corrected chi connectivity index (χ1v) is 8.35. The van der Waals surface area contributed by atoms with Crippen molar-refractivity contribution in [3.05, 3.63) is 42.4 Å². The molecule has 0 aromatic carbocycles. The average molecular weight is 328 g/mol. The molecule has 7 heteroatoms. The number of amides is 2. The summed E-state index contributed by atoms with van der Waals surface area (Å²) in [6, 6.07) is 6.29. The van der Waals surface area contributed by atoms with Gasteiger partial charge in [-0.2, -0.15) is 5.10 Å². The van der Waals surface area contributed by atoms with Crippen molar-refractivity contribution in [3.8, 4) is 5.82 Å². The lowest BCUT2D eigenvalue weighted by molar-refractivity contribution is 0.233. The first-order chi connectivity index (χ1) is 11.6. The fourth-order valence-electron chi connectivity index (χ4n) is 2.89. The summed E-state index contributed by atoms with van der Waals surface area (Å²) in [4.78, 5) is 18.8. The van der Waals surface area contributed by atoms with Gasteiger partial charge in [-0.25, -0.2) is 14.5 Å². The van der Waals surface area contributed by atoms with E-state index in [1.807, 2.05) is 24.4 Å². The number of hydrogen-bond donors (Lipinski definition) is 2. The largest absolute Gasteiger partial charge is 0.334 e. The number of nitrogens with one attached hydrogen (secondary N) is 2. The third kappa shape index (κ3) is 4.11. The van der Waals surface area contributed by atoms with Crippen LogP contribution in [-0.2, 0) is 6.54 Å². The quantitative estimate of drug-likeness (QED) is 0.873. The van der Waals surface area contributed by atoms with Gasteiger partial charge < -0.3 is 10.6 Å². The van der Waals surface area contributed by atoms with Crippen molar-refractivity contribution < 1.29 is 4.79 Å². The summed E-state index contributed by atoms with van der Waals surface area (Å²) in [7, 11) is 0. The number of nitrogens with zero attached hydrogens (tertiary/aromatic N) is 4. The molecule has 1 saturated heterocycles. The maximum atomic E-state index is 12.1. The van der Waals surface area contributed by atoms with Gasteiger partial charge in [0.05, 0.1) is 0 Å². The molecule has 3 heterocycles. The summed E-state index contributed by atoms with van der Waals surface area (Å²) in [5.74, 6) is 0.739. The van der Waals surface area contributed by atoms with Crippen LogP contribution in [0, 0.1) is 0 Å². The Bertz CT molecular complexity index is 669. The van der Waals surface area contributed by atoms with Gasteiger partial charge in [-0.1, -0.05) is 0 Å². The van der Waals surface area contributed by atoms with Crippen LogP contribution in [-0.4, -0.2) is 50.9 Å². The van der Waals surface area contributed by atoms with Crippen molar-refractivity contribution in [2.45, 2.75) is 38.9 Å². The standard InChI is InChI=1S/C17H24N6O/c1-13(2)22-9-5-15(12-22)21-17(24)19-11-14-4-7-18-16(10-14)23-8-3-6-20-23/h3-4,6-8,10,13,15H,5,9,11-12H2,1-2H3,(H2,19,21,24). The zero-order chi connectivity index (χ0) is 16.9. The normalized spacial score (nSPS) is 18.0. The molecule has 1 fully saturated rings. The minimum Gasteiger partial charge on any atom is -0.334 e. The molecule has 0 aliphatic carbocycles. The van der Waals surface area contributed by atoms with Crippen LogP contribution < -0.4 is 10.6 Å². The highest BCUT2D eigenvalue weighted by molar-refractivity contribution is 5.74. The second-order valence-electron chi connectivity index (χ2n) is 6.37. The van der Waals surface area contributed by atoms with Gasteiger partial charge in [-0.05, 0) is 44.0 Å². The van der Waals surface area contributed by atoms with Gasteiger partial charge in [-0.15, -0.1) is 0 Å². The first kappa shape index (κ1) is 16.4. The van der Waals surface area contributed by atoms with Gasteiger partial charge in [0.25, 0.3) is 0 Å². The van der Waals surface area contributed by atoms with Crippen LogP contribution >= 0.6 is 0 Å². The fourth-order valence-corrected chi connectivity index (χ4v) is 2.89. The summed E-state index contributed by atoms with van der Waals surface area (Å²) in [5.41, 5.74) is 0.987. The Morgan fingerprint density at radius 2 is 2.29 bits per heavy atom. The minimum absolute atomic E-state index is 0.122. The van der Waals surface area contributed by atoms with Crippen LogP contribution in [0.5, 0.6) is 0 Å². The monoisotopic (exact) mass is 328 g/mol. The molecule has 2 amide bonds. The molecule has 2 aromatic heterocycles. The number of likely N-dealkylation sites (tertiary alicyclic amines) is 1. The highest BCUT2D eigenvalue weighted by atomic mass is 16.2. The number of urea groups is 1. The number of hydrogen-bond acceptors (Lipinski definition) is 4. The molecule has 0 saturated carbocycles. The topological polar surface area (TPSA) is 75.1 Å². The molecule has 0 spiro atoms. The van der Waals surface area contributed by atoms with Crippen LogP contribution in [0.4, 0.5) is 4.79 Å². The van der Waals surface area contributed by atoms with Crippen molar-refractivity contribution in [3.63, 3.8) is 0 Å². The van der Waals surface area contributed by atoms with Crippen molar-refractivity contribution >= 4 is 6.03 Å². The molecule has 1 unspecified atom stereocenters. The van der Waals surface area contributed by atoms with E-state index in [0.29, 0.717) is 12.6 Å². The SMILES string of the molecule is CC(C)N1CCC(NC(=O)NCc2ccnc(-n3cccn3)c2)C1. The van der Waals surface area contributed by atoms with Gasteiger partial charge in [0.2, 0.25) is 0 Å². The molecule has 0 bridgehead atoms. The second kappa shape index (κ2) is 7.44. The van der Waals surface area contributed by atoms with Crippen LogP contribution in [0.3, 0.4) is 0 Å².